The fourth-order valence-electron chi connectivity index (χ4n) is 10.3. The maximum Gasteiger partial charge on any atom is 0.135 e. The minimum atomic E-state index is -0.289. The normalized spacial score (nSPS) is 13.1. The average molecular weight is 1150 g/mol. The van der Waals surface area contributed by atoms with Crippen molar-refractivity contribution in [2.45, 2.75) is 90.9 Å². The molecule has 8 aromatic carbocycles. The number of nitrogens with zero attached hydrogens (tertiary/aromatic N) is 4. The molecule has 1 aliphatic rings. The Bertz CT molecular complexity index is 3660. The Balaban J connectivity index is 0.00000626. The second-order valence-electron chi connectivity index (χ2n) is 22.7. The Morgan fingerprint density at radius 2 is 1.08 bits per heavy atom. The van der Waals surface area contributed by atoms with Crippen LogP contribution < -0.4 is 14.5 Å². The summed E-state index contributed by atoms with van der Waals surface area (Å²) in [7, 11) is 0. The van der Waals surface area contributed by atoms with Crippen LogP contribution in [-0.2, 0) is 42.7 Å². The first-order valence-electron chi connectivity index (χ1n) is 25.5. The van der Waals surface area contributed by atoms with Crippen molar-refractivity contribution in [3.05, 3.63) is 246 Å². The van der Waals surface area contributed by atoms with E-state index in [-0.39, 0.29) is 42.7 Å². The SMILES string of the molecule is CC(C)(C)c1cc(Oc2[c-]c3c(cc2)c2ccccc2n3-c2cc(C(C)(C)C)ccn2)[c-]c(N2[CH-]N(c3cc(-c4ccccc4)cc(C(C)(C)c4ccccc4)c3)c3cc(C(C)(C)c4ccccc4)ccc32)c1.[Pt]. The van der Waals surface area contributed by atoms with Gasteiger partial charge >= 0.3 is 0 Å². The van der Waals surface area contributed by atoms with Crippen LogP contribution in [0, 0.1) is 18.8 Å². The van der Waals surface area contributed by atoms with E-state index in [0.717, 1.165) is 61.5 Å². The summed E-state index contributed by atoms with van der Waals surface area (Å²) < 4.78 is 9.17. The summed E-state index contributed by atoms with van der Waals surface area (Å²) in [6.45, 7) is 25.0. The van der Waals surface area contributed by atoms with Gasteiger partial charge in [-0.2, -0.15) is 6.07 Å². The molecule has 5 nitrogen and oxygen atoms in total. The van der Waals surface area contributed by atoms with Gasteiger partial charge < -0.3 is 19.1 Å². The maximum absolute atomic E-state index is 6.96. The predicted octanol–water partition coefficient (Wildman–Crippen LogP) is 17.9. The van der Waals surface area contributed by atoms with Gasteiger partial charge in [0, 0.05) is 72.2 Å². The molecule has 0 aliphatic carbocycles. The molecule has 0 N–H and O–H groups in total. The third kappa shape index (κ3) is 9.37. The van der Waals surface area contributed by atoms with Gasteiger partial charge in [-0.15, -0.1) is 53.6 Å². The van der Waals surface area contributed by atoms with Crippen molar-refractivity contribution in [2.75, 3.05) is 9.80 Å². The minimum absolute atomic E-state index is 0. The van der Waals surface area contributed by atoms with Gasteiger partial charge in [0.05, 0.1) is 0 Å². The Kier molecular flexibility index (Phi) is 13.1. The standard InChI is InChI=1S/C68H63N4O.Pt/c1-65(2,3)50-34-35-69-64(42-50)72-60-29-21-20-28-58(60)59-32-31-56(44-62(59)72)73-57-40-52(66(4,5)6)38-55(43-57)70-45-71(63-41-51(30-33-61(63)70)67(7,8)48-24-16-12-17-25-48)54-37-47(46-22-14-11-15-23-46)36-53(39-54)68(9,10)49-26-18-13-19-27-49;/h11-42,45H,1-10H3;/q-3;. The number of anilines is 4. The summed E-state index contributed by atoms with van der Waals surface area (Å²) in [6.07, 6.45) is 1.91. The van der Waals surface area contributed by atoms with E-state index in [1.54, 1.807) is 0 Å². The molecule has 0 saturated carbocycles. The molecule has 0 unspecified atom stereocenters. The molecule has 11 rings (SSSR count). The Morgan fingerprint density at radius 3 is 1.76 bits per heavy atom. The van der Waals surface area contributed by atoms with Crippen LogP contribution in [-0.4, -0.2) is 9.55 Å². The van der Waals surface area contributed by atoms with Crippen LogP contribution >= 0.6 is 0 Å². The molecule has 0 atom stereocenters. The number of rotatable bonds is 10. The molecule has 0 bridgehead atoms. The van der Waals surface area contributed by atoms with Crippen LogP contribution in [0.4, 0.5) is 22.7 Å². The zero-order valence-corrected chi connectivity index (χ0v) is 46.3. The number of para-hydroxylation sites is 1. The summed E-state index contributed by atoms with van der Waals surface area (Å²) in [6, 6.07) is 75.3. The van der Waals surface area contributed by atoms with Crippen LogP contribution in [0.25, 0.3) is 38.8 Å². The second kappa shape index (κ2) is 19.3. The average Bonchev–Trinajstić information content (AvgIpc) is 3.94. The zero-order valence-electron chi connectivity index (χ0n) is 44.1. The van der Waals surface area contributed by atoms with Gasteiger partial charge in [-0.05, 0) is 97.6 Å². The van der Waals surface area contributed by atoms with Crippen LogP contribution in [0.15, 0.2) is 194 Å². The van der Waals surface area contributed by atoms with E-state index in [0.29, 0.717) is 11.5 Å². The summed E-state index contributed by atoms with van der Waals surface area (Å²) in [5.41, 5.74) is 14.9. The van der Waals surface area contributed by atoms with Gasteiger partial charge in [0.1, 0.15) is 5.82 Å². The van der Waals surface area contributed by atoms with Crippen molar-refractivity contribution in [1.82, 2.24) is 9.55 Å². The molecule has 10 aromatic rings. The van der Waals surface area contributed by atoms with E-state index in [1.165, 1.54) is 33.4 Å². The summed E-state index contributed by atoms with van der Waals surface area (Å²) in [5, 5.41) is 2.23. The predicted molar refractivity (Wildman–Crippen MR) is 304 cm³/mol. The topological polar surface area (TPSA) is 33.5 Å². The quantitative estimate of drug-likeness (QED) is 0.128. The first-order valence-corrected chi connectivity index (χ1v) is 25.5. The third-order valence-corrected chi connectivity index (χ3v) is 15.0. The number of ether oxygens (including phenoxy) is 1. The molecular weight excluding hydrogens is 1080 g/mol. The molecule has 2 aromatic heterocycles. The van der Waals surface area contributed by atoms with Gasteiger partial charge in [0.15, 0.2) is 0 Å². The first-order chi connectivity index (χ1) is 34.9. The summed E-state index contributed by atoms with van der Waals surface area (Å²) in [4.78, 5) is 9.58. The third-order valence-electron chi connectivity index (χ3n) is 15.0. The van der Waals surface area contributed by atoms with Gasteiger partial charge in [0.25, 0.3) is 0 Å². The van der Waals surface area contributed by atoms with Crippen molar-refractivity contribution in [3.8, 4) is 28.4 Å². The number of hydrogen-bond acceptors (Lipinski definition) is 4. The molecule has 6 heteroatoms. The molecule has 0 radical (unpaired) electrons. The van der Waals surface area contributed by atoms with Crippen molar-refractivity contribution in [1.29, 1.82) is 0 Å². The Hall–Kier alpha value is -7.20. The van der Waals surface area contributed by atoms with Crippen LogP contribution in [0.1, 0.15) is 103 Å². The van der Waals surface area contributed by atoms with Crippen LogP contribution in [0.5, 0.6) is 11.5 Å². The Labute approximate surface area is 452 Å². The van der Waals surface area contributed by atoms with Crippen molar-refractivity contribution >= 4 is 44.6 Å². The minimum Gasteiger partial charge on any atom is -0.509 e. The van der Waals surface area contributed by atoms with E-state index in [4.69, 9.17) is 9.72 Å². The van der Waals surface area contributed by atoms with Gasteiger partial charge in [-0.3, -0.25) is 0 Å². The number of benzene rings is 8. The van der Waals surface area contributed by atoms with Gasteiger partial charge in [-0.1, -0.05) is 196 Å². The van der Waals surface area contributed by atoms with Crippen molar-refractivity contribution < 1.29 is 25.8 Å². The fraction of sp³-hybridized carbons (Fsp3) is 0.206. The van der Waals surface area contributed by atoms with Crippen LogP contribution in [0.2, 0.25) is 0 Å². The molecule has 74 heavy (non-hydrogen) atoms. The van der Waals surface area contributed by atoms with E-state index in [2.05, 4.69) is 284 Å². The second-order valence-corrected chi connectivity index (χ2v) is 22.7. The fourth-order valence-corrected chi connectivity index (χ4v) is 10.3. The van der Waals surface area contributed by atoms with E-state index in [9.17, 15) is 0 Å². The van der Waals surface area contributed by atoms with Crippen molar-refractivity contribution in [3.63, 3.8) is 0 Å². The number of aromatic nitrogens is 2. The van der Waals surface area contributed by atoms with Gasteiger partial charge in [-0.25, -0.2) is 4.98 Å². The first kappa shape index (κ1) is 50.3. The Morgan fingerprint density at radius 1 is 0.446 bits per heavy atom. The molecular formula is C68H63N4OPt-3. The molecule has 0 spiro atoms. The molecule has 0 saturated heterocycles. The summed E-state index contributed by atoms with van der Waals surface area (Å²) >= 11 is 0. The molecule has 1 aliphatic heterocycles. The van der Waals surface area contributed by atoms with E-state index < -0.39 is 0 Å². The summed E-state index contributed by atoms with van der Waals surface area (Å²) in [5.74, 6) is 2.06. The van der Waals surface area contributed by atoms with Crippen LogP contribution in [0.3, 0.4) is 0 Å². The van der Waals surface area contributed by atoms with Crippen molar-refractivity contribution in [2.24, 2.45) is 0 Å². The van der Waals surface area contributed by atoms with E-state index in [1.807, 2.05) is 12.3 Å². The number of fused-ring (bicyclic) bond motifs is 4. The number of pyridine rings is 1. The van der Waals surface area contributed by atoms with E-state index >= 15 is 0 Å². The molecule has 374 valence electrons. The molecule has 3 heterocycles. The van der Waals surface area contributed by atoms with Gasteiger partial charge in [0.2, 0.25) is 0 Å². The smallest absolute Gasteiger partial charge is 0.135 e. The maximum atomic E-state index is 6.96. The monoisotopic (exact) mass is 1150 g/mol. The zero-order chi connectivity index (χ0) is 50.9. The molecule has 0 fully saturated rings. The molecule has 0 amide bonds. The largest absolute Gasteiger partial charge is 0.509 e. The number of hydrogen-bond donors (Lipinski definition) is 0.